The molecule has 0 aliphatic heterocycles. The molecule has 0 saturated heterocycles. The molecule has 2 aromatic heterocycles. The number of H-pyrrole nitrogens is 1. The van der Waals surface area contributed by atoms with E-state index in [-0.39, 0.29) is 0 Å². The molecule has 0 bridgehead atoms. The summed E-state index contributed by atoms with van der Waals surface area (Å²) < 4.78 is 0. The first-order valence-electron chi connectivity index (χ1n) is 3.35. The van der Waals surface area contributed by atoms with Gasteiger partial charge in [-0.2, -0.15) is 5.26 Å². The van der Waals surface area contributed by atoms with Crippen LogP contribution in [0, 0.1) is 11.3 Å². The molecule has 1 N–H and O–H groups in total. The van der Waals surface area contributed by atoms with Crippen molar-refractivity contribution in [2.24, 2.45) is 0 Å². The lowest BCUT2D eigenvalue weighted by Crippen LogP contribution is -1.76. The Kier molecular flexibility index (Phi) is 1.49. The molecule has 0 radical (unpaired) electrons. The monoisotopic (exact) mass is 177 g/mol. The molecule has 0 saturated carbocycles. The number of nitrogens with zero attached hydrogens (tertiary/aromatic N) is 2. The van der Waals surface area contributed by atoms with Crippen molar-refractivity contribution >= 4 is 22.6 Å². The van der Waals surface area contributed by atoms with Crippen molar-refractivity contribution in [3.63, 3.8) is 0 Å². The molecule has 4 heteroatoms. The van der Waals surface area contributed by atoms with E-state index in [1.165, 1.54) is 0 Å². The summed E-state index contributed by atoms with van der Waals surface area (Å²) in [6.07, 6.45) is 1.62. The number of fused-ring (bicyclic) bond motifs is 1. The van der Waals surface area contributed by atoms with Crippen LogP contribution in [0.2, 0.25) is 5.15 Å². The lowest BCUT2D eigenvalue weighted by molar-refractivity contribution is 1.32. The van der Waals surface area contributed by atoms with Crippen molar-refractivity contribution in [2.45, 2.75) is 0 Å². The van der Waals surface area contributed by atoms with Gasteiger partial charge in [-0.3, -0.25) is 0 Å². The van der Waals surface area contributed by atoms with Crippen LogP contribution in [0.3, 0.4) is 0 Å². The minimum atomic E-state index is 0.425. The van der Waals surface area contributed by atoms with E-state index in [2.05, 4.69) is 16.0 Å². The second kappa shape index (κ2) is 2.50. The molecular formula is C8H4ClN3. The topological polar surface area (TPSA) is 52.5 Å². The molecule has 3 nitrogen and oxygen atoms in total. The third kappa shape index (κ3) is 0.936. The van der Waals surface area contributed by atoms with Gasteiger partial charge >= 0.3 is 0 Å². The fourth-order valence-corrected chi connectivity index (χ4v) is 1.22. The Hall–Kier alpha value is -1.53. The molecule has 0 unspecified atom stereocenters. The first-order valence-corrected chi connectivity index (χ1v) is 3.73. The normalized spacial score (nSPS) is 10.0. The number of nitrogens with one attached hydrogen (secondary N) is 1. The Labute approximate surface area is 73.6 Å². The quantitative estimate of drug-likeness (QED) is 0.627. The van der Waals surface area contributed by atoms with Gasteiger partial charge in [-0.15, -0.1) is 0 Å². The van der Waals surface area contributed by atoms with Crippen LogP contribution in [0.5, 0.6) is 0 Å². The lowest BCUT2D eigenvalue weighted by Gasteiger charge is -1.89. The maximum Gasteiger partial charge on any atom is 0.140 e. The van der Waals surface area contributed by atoms with E-state index in [0.29, 0.717) is 16.4 Å². The van der Waals surface area contributed by atoms with Crippen molar-refractivity contribution < 1.29 is 0 Å². The number of rotatable bonds is 0. The Bertz CT molecular complexity index is 467. The van der Waals surface area contributed by atoms with E-state index >= 15 is 0 Å². The molecule has 0 aliphatic carbocycles. The zero-order valence-electron chi connectivity index (χ0n) is 6.00. The average molecular weight is 178 g/mol. The summed E-state index contributed by atoms with van der Waals surface area (Å²) in [6.45, 7) is 0. The molecule has 0 spiro atoms. The average Bonchev–Trinajstić information content (AvgIpc) is 2.46. The number of aromatic amines is 1. The van der Waals surface area contributed by atoms with Gasteiger partial charge in [0.15, 0.2) is 0 Å². The number of aromatic nitrogens is 2. The minimum Gasteiger partial charge on any atom is -0.345 e. The van der Waals surface area contributed by atoms with E-state index in [1.54, 1.807) is 18.3 Å². The van der Waals surface area contributed by atoms with Gasteiger partial charge in [0, 0.05) is 11.6 Å². The number of hydrogen-bond acceptors (Lipinski definition) is 2. The lowest BCUT2D eigenvalue weighted by atomic mass is 10.2. The second-order valence-electron chi connectivity index (χ2n) is 2.34. The molecule has 2 aromatic rings. The summed E-state index contributed by atoms with van der Waals surface area (Å²) >= 11 is 5.66. The molecule has 0 amide bonds. The first kappa shape index (κ1) is 7.14. The summed E-state index contributed by atoms with van der Waals surface area (Å²) in [5.74, 6) is 0. The van der Waals surface area contributed by atoms with Gasteiger partial charge in [-0.1, -0.05) is 11.6 Å². The third-order valence-corrected chi connectivity index (χ3v) is 1.84. The van der Waals surface area contributed by atoms with Crippen LogP contribution in [0.4, 0.5) is 0 Å². The molecule has 0 aromatic carbocycles. The maximum absolute atomic E-state index is 8.66. The highest BCUT2D eigenvalue weighted by atomic mass is 35.5. The van der Waals surface area contributed by atoms with Gasteiger partial charge in [-0.25, -0.2) is 4.98 Å². The van der Waals surface area contributed by atoms with Gasteiger partial charge < -0.3 is 4.98 Å². The predicted molar refractivity (Wildman–Crippen MR) is 45.8 cm³/mol. The van der Waals surface area contributed by atoms with E-state index in [1.807, 2.05) is 0 Å². The standard InChI is InChI=1S/C8H4ClN3/c9-7-2-1-6-5(3-10)4-11-8(6)12-7/h1-2,4H,(H,11,12). The van der Waals surface area contributed by atoms with Crippen molar-refractivity contribution in [1.82, 2.24) is 9.97 Å². The summed E-state index contributed by atoms with van der Waals surface area (Å²) in [6, 6.07) is 5.50. The Morgan fingerprint density at radius 2 is 2.33 bits per heavy atom. The van der Waals surface area contributed by atoms with Crippen molar-refractivity contribution in [3.05, 3.63) is 29.0 Å². The van der Waals surface area contributed by atoms with Crippen LogP contribution in [-0.4, -0.2) is 9.97 Å². The number of hydrogen-bond donors (Lipinski definition) is 1. The van der Waals surface area contributed by atoms with E-state index in [0.717, 1.165) is 5.39 Å². The van der Waals surface area contributed by atoms with Crippen LogP contribution in [0.25, 0.3) is 11.0 Å². The largest absolute Gasteiger partial charge is 0.345 e. The molecular weight excluding hydrogens is 174 g/mol. The fourth-order valence-electron chi connectivity index (χ4n) is 1.07. The number of pyridine rings is 1. The van der Waals surface area contributed by atoms with Crippen LogP contribution < -0.4 is 0 Å². The Morgan fingerprint density at radius 1 is 1.50 bits per heavy atom. The van der Waals surface area contributed by atoms with Crippen LogP contribution in [-0.2, 0) is 0 Å². The highest BCUT2D eigenvalue weighted by Gasteiger charge is 2.02. The van der Waals surface area contributed by atoms with E-state index in [4.69, 9.17) is 16.9 Å². The van der Waals surface area contributed by atoms with Gasteiger partial charge in [0.2, 0.25) is 0 Å². The molecule has 12 heavy (non-hydrogen) atoms. The second-order valence-corrected chi connectivity index (χ2v) is 2.73. The minimum absolute atomic E-state index is 0.425. The SMILES string of the molecule is N#Cc1c[nH]c2nc(Cl)ccc12. The van der Waals surface area contributed by atoms with Crippen molar-refractivity contribution in [1.29, 1.82) is 5.26 Å². The summed E-state index contributed by atoms with van der Waals surface area (Å²) in [7, 11) is 0. The van der Waals surface area contributed by atoms with Crippen LogP contribution in [0.15, 0.2) is 18.3 Å². The predicted octanol–water partition coefficient (Wildman–Crippen LogP) is 2.09. The molecule has 58 valence electrons. The van der Waals surface area contributed by atoms with Crippen LogP contribution >= 0.6 is 11.6 Å². The summed E-state index contributed by atoms with van der Waals surface area (Å²) in [4.78, 5) is 6.86. The van der Waals surface area contributed by atoms with Gasteiger partial charge in [-0.05, 0) is 12.1 Å². The highest BCUT2D eigenvalue weighted by molar-refractivity contribution is 6.29. The van der Waals surface area contributed by atoms with Crippen molar-refractivity contribution in [3.8, 4) is 6.07 Å². The molecule has 2 rings (SSSR count). The maximum atomic E-state index is 8.66. The summed E-state index contributed by atoms with van der Waals surface area (Å²) in [5.41, 5.74) is 1.24. The van der Waals surface area contributed by atoms with Crippen molar-refractivity contribution in [2.75, 3.05) is 0 Å². The first-order chi connectivity index (χ1) is 5.81. The molecule has 2 heterocycles. The smallest absolute Gasteiger partial charge is 0.140 e. The van der Waals surface area contributed by atoms with Crippen LogP contribution in [0.1, 0.15) is 5.56 Å². The van der Waals surface area contributed by atoms with E-state index < -0.39 is 0 Å². The number of halogens is 1. The van der Waals surface area contributed by atoms with Gasteiger partial charge in [0.05, 0.1) is 5.56 Å². The Morgan fingerprint density at radius 3 is 3.08 bits per heavy atom. The fraction of sp³-hybridized carbons (Fsp3) is 0. The third-order valence-electron chi connectivity index (χ3n) is 1.63. The summed E-state index contributed by atoms with van der Waals surface area (Å²) in [5, 5.41) is 9.90. The van der Waals surface area contributed by atoms with Gasteiger partial charge in [0.25, 0.3) is 0 Å². The van der Waals surface area contributed by atoms with Gasteiger partial charge in [0.1, 0.15) is 16.9 Å². The molecule has 0 fully saturated rings. The Balaban J connectivity index is 2.84. The number of nitriles is 1. The zero-order valence-corrected chi connectivity index (χ0v) is 6.76. The van der Waals surface area contributed by atoms with E-state index in [9.17, 15) is 0 Å². The molecule has 0 atom stereocenters. The highest BCUT2D eigenvalue weighted by Crippen LogP contribution is 2.17. The zero-order chi connectivity index (χ0) is 8.55. The molecule has 0 aliphatic rings.